The van der Waals surface area contributed by atoms with Crippen LogP contribution in [0.25, 0.3) is 5.69 Å². The molecule has 2 aliphatic rings. The molecule has 5 rings (SSSR count). The highest BCUT2D eigenvalue weighted by Gasteiger charge is 2.42. The maximum atomic E-state index is 14.6. The summed E-state index contributed by atoms with van der Waals surface area (Å²) >= 11 is 11.8. The Morgan fingerprint density at radius 1 is 1.11 bits per heavy atom. The Labute approximate surface area is 228 Å². The first-order valence-electron chi connectivity index (χ1n) is 12.2. The average Bonchev–Trinajstić information content (AvgIpc) is 3.32. The highest BCUT2D eigenvalue weighted by atomic mass is 35.5. The van der Waals surface area contributed by atoms with E-state index in [0.29, 0.717) is 46.4 Å². The number of fused-ring (bicyclic) bond motifs is 3. The van der Waals surface area contributed by atoms with Crippen molar-refractivity contribution in [3.8, 4) is 17.2 Å². The van der Waals surface area contributed by atoms with Gasteiger partial charge in [-0.1, -0.05) is 23.7 Å². The third-order valence-electron chi connectivity index (χ3n) is 6.83. The average molecular weight is 567 g/mol. The number of benzene rings is 2. The SMILES string of the molecule is COc1cccc([C@H]2O[C@H](CC(=O)N3CCCCC3)c3nnc(C(F)(F)Cl)n3-c3ccc(Cl)cc32)c1OC. The summed E-state index contributed by atoms with van der Waals surface area (Å²) in [6.07, 6.45) is 0.826. The van der Waals surface area contributed by atoms with Gasteiger partial charge in [0, 0.05) is 29.2 Å². The topological polar surface area (TPSA) is 78.7 Å². The molecular formula is C26H26Cl2F2N4O4. The number of aromatic nitrogens is 3. The normalized spacial score (nSPS) is 19.4. The molecular weight excluding hydrogens is 541 g/mol. The lowest BCUT2D eigenvalue weighted by Gasteiger charge is -2.29. The number of hydrogen-bond acceptors (Lipinski definition) is 6. The molecule has 38 heavy (non-hydrogen) atoms. The largest absolute Gasteiger partial charge is 0.493 e. The molecule has 0 spiro atoms. The number of amides is 1. The smallest absolute Gasteiger partial charge is 0.382 e. The van der Waals surface area contributed by atoms with Crippen LogP contribution in [0.5, 0.6) is 11.5 Å². The molecule has 1 amide bonds. The van der Waals surface area contributed by atoms with Gasteiger partial charge in [-0.25, -0.2) is 0 Å². The van der Waals surface area contributed by atoms with E-state index < -0.39 is 23.4 Å². The van der Waals surface area contributed by atoms with Gasteiger partial charge < -0.3 is 19.1 Å². The summed E-state index contributed by atoms with van der Waals surface area (Å²) < 4.78 is 48.0. The molecule has 3 aromatic rings. The molecule has 1 saturated heterocycles. The summed E-state index contributed by atoms with van der Waals surface area (Å²) in [6, 6.07) is 10.0. The number of likely N-dealkylation sites (tertiary alicyclic amines) is 1. The second kappa shape index (κ2) is 10.7. The van der Waals surface area contributed by atoms with Crippen molar-refractivity contribution in [3.63, 3.8) is 0 Å². The first-order valence-corrected chi connectivity index (χ1v) is 12.9. The van der Waals surface area contributed by atoms with Crippen molar-refractivity contribution in [1.29, 1.82) is 0 Å². The fourth-order valence-electron chi connectivity index (χ4n) is 5.09. The molecule has 12 heteroatoms. The van der Waals surface area contributed by atoms with Crippen molar-refractivity contribution < 1.29 is 27.8 Å². The van der Waals surface area contributed by atoms with Crippen molar-refractivity contribution >= 4 is 29.1 Å². The van der Waals surface area contributed by atoms with Gasteiger partial charge in [-0.3, -0.25) is 9.36 Å². The minimum atomic E-state index is -3.84. The zero-order valence-corrected chi connectivity index (χ0v) is 22.3. The van der Waals surface area contributed by atoms with Crippen LogP contribution in [0.15, 0.2) is 36.4 Å². The van der Waals surface area contributed by atoms with E-state index in [0.717, 1.165) is 19.3 Å². The Morgan fingerprint density at radius 3 is 2.55 bits per heavy atom. The van der Waals surface area contributed by atoms with Crippen molar-refractivity contribution in [2.45, 2.75) is 43.3 Å². The van der Waals surface area contributed by atoms with E-state index in [9.17, 15) is 13.6 Å². The van der Waals surface area contributed by atoms with Gasteiger partial charge in [0.05, 0.1) is 26.3 Å². The van der Waals surface area contributed by atoms with Gasteiger partial charge in [0.25, 0.3) is 0 Å². The highest BCUT2D eigenvalue weighted by molar-refractivity contribution is 6.30. The van der Waals surface area contributed by atoms with Crippen LogP contribution >= 0.6 is 23.2 Å². The number of hydrogen-bond donors (Lipinski definition) is 0. The Morgan fingerprint density at radius 2 is 1.87 bits per heavy atom. The molecule has 2 aliphatic heterocycles. The lowest BCUT2D eigenvalue weighted by molar-refractivity contribution is -0.136. The molecule has 0 radical (unpaired) electrons. The number of halogens is 4. The second-order valence-corrected chi connectivity index (χ2v) is 10.1. The summed E-state index contributed by atoms with van der Waals surface area (Å²) in [5.41, 5.74) is 1.30. The summed E-state index contributed by atoms with van der Waals surface area (Å²) in [5, 5.41) is 4.28. The van der Waals surface area contributed by atoms with Crippen LogP contribution in [0.1, 0.15) is 60.7 Å². The minimum Gasteiger partial charge on any atom is -0.493 e. The number of nitrogens with zero attached hydrogens (tertiary/aromatic N) is 4. The predicted molar refractivity (Wildman–Crippen MR) is 136 cm³/mol. The molecule has 2 atom stereocenters. The van der Waals surface area contributed by atoms with Gasteiger partial charge >= 0.3 is 5.38 Å². The van der Waals surface area contributed by atoms with E-state index in [1.54, 1.807) is 41.3 Å². The quantitative estimate of drug-likeness (QED) is 0.351. The van der Waals surface area contributed by atoms with Crippen molar-refractivity contribution in [3.05, 3.63) is 64.2 Å². The Bertz CT molecular complexity index is 1340. The van der Waals surface area contributed by atoms with Crippen molar-refractivity contribution in [1.82, 2.24) is 19.7 Å². The maximum Gasteiger partial charge on any atom is 0.382 e. The number of methoxy groups -OCH3 is 2. The molecule has 0 aliphatic carbocycles. The summed E-state index contributed by atoms with van der Waals surface area (Å²) in [4.78, 5) is 15.1. The van der Waals surface area contributed by atoms with E-state index >= 15 is 0 Å². The van der Waals surface area contributed by atoms with Gasteiger partial charge in [0.1, 0.15) is 12.2 Å². The van der Waals surface area contributed by atoms with E-state index in [-0.39, 0.29) is 18.2 Å². The monoisotopic (exact) mass is 566 g/mol. The van der Waals surface area contributed by atoms with Gasteiger partial charge in [0.2, 0.25) is 11.7 Å². The molecule has 3 heterocycles. The van der Waals surface area contributed by atoms with E-state index in [4.69, 9.17) is 37.4 Å². The van der Waals surface area contributed by atoms with E-state index in [1.165, 1.54) is 18.8 Å². The van der Waals surface area contributed by atoms with E-state index in [1.807, 2.05) is 0 Å². The first kappa shape index (κ1) is 26.6. The van der Waals surface area contributed by atoms with Crippen LogP contribution in [-0.4, -0.2) is 52.9 Å². The lowest BCUT2D eigenvalue weighted by atomic mass is 9.98. The molecule has 1 aromatic heterocycles. The van der Waals surface area contributed by atoms with Gasteiger partial charge in [-0.2, -0.15) is 8.78 Å². The standard InChI is InChI=1S/C26H26Cl2F2N4O4/c1-36-19-8-6-7-16(23(19)37-2)22-17-13-15(27)9-10-18(17)34-24(31-32-25(34)26(28,29)30)20(38-22)14-21(35)33-11-4-3-5-12-33/h6-10,13,20,22H,3-5,11-12,14H2,1-2H3/t20-,22-/m1/s1. The number of alkyl halides is 3. The Balaban J connectivity index is 1.70. The van der Waals surface area contributed by atoms with Crippen LogP contribution in [0.3, 0.4) is 0 Å². The van der Waals surface area contributed by atoms with Gasteiger partial charge in [-0.05, 0) is 55.1 Å². The molecule has 0 bridgehead atoms. The third kappa shape index (κ3) is 4.92. The van der Waals surface area contributed by atoms with E-state index in [2.05, 4.69) is 10.2 Å². The number of carbonyl (C=O) groups is 1. The maximum absolute atomic E-state index is 14.6. The molecule has 1 fully saturated rings. The second-order valence-electron chi connectivity index (χ2n) is 9.15. The number of para-hydroxylation sites is 1. The lowest BCUT2D eigenvalue weighted by Crippen LogP contribution is -2.36. The summed E-state index contributed by atoms with van der Waals surface area (Å²) in [7, 11) is 3.01. The first-order chi connectivity index (χ1) is 18.2. The Kier molecular flexibility index (Phi) is 7.48. The van der Waals surface area contributed by atoms with Crippen molar-refractivity contribution in [2.24, 2.45) is 0 Å². The van der Waals surface area contributed by atoms with Crippen LogP contribution in [0.4, 0.5) is 8.78 Å². The third-order valence-corrected chi connectivity index (χ3v) is 7.23. The number of piperidine rings is 1. The molecule has 8 nitrogen and oxygen atoms in total. The summed E-state index contributed by atoms with van der Waals surface area (Å²) in [5.74, 6) is -0.0558. The molecule has 0 saturated carbocycles. The number of carbonyl (C=O) groups excluding carboxylic acids is 1. The molecule has 0 N–H and O–H groups in total. The molecule has 202 valence electrons. The highest BCUT2D eigenvalue weighted by Crippen LogP contribution is 2.47. The number of rotatable bonds is 6. The van der Waals surface area contributed by atoms with Crippen LogP contribution in [0, 0.1) is 0 Å². The zero-order valence-electron chi connectivity index (χ0n) is 20.8. The van der Waals surface area contributed by atoms with Gasteiger partial charge in [0.15, 0.2) is 17.3 Å². The molecule has 2 aromatic carbocycles. The summed E-state index contributed by atoms with van der Waals surface area (Å²) in [6.45, 7) is 1.26. The fraction of sp³-hybridized carbons (Fsp3) is 0.423. The number of ether oxygens (including phenoxy) is 3. The zero-order chi connectivity index (χ0) is 27.0. The van der Waals surface area contributed by atoms with Gasteiger partial charge in [-0.15, -0.1) is 10.2 Å². The fourth-order valence-corrected chi connectivity index (χ4v) is 5.40. The van der Waals surface area contributed by atoms with Crippen LogP contribution < -0.4 is 9.47 Å². The minimum absolute atomic E-state index is 0.0404. The molecule has 0 unspecified atom stereocenters. The van der Waals surface area contributed by atoms with Crippen LogP contribution in [-0.2, 0) is 14.9 Å². The predicted octanol–water partition coefficient (Wildman–Crippen LogP) is 5.79. The Hall–Kier alpha value is -2.95. The van der Waals surface area contributed by atoms with Crippen molar-refractivity contribution in [2.75, 3.05) is 27.3 Å². The van der Waals surface area contributed by atoms with Crippen LogP contribution in [0.2, 0.25) is 5.02 Å².